The van der Waals surface area contributed by atoms with E-state index < -0.39 is 0 Å². The molecule has 1 fully saturated rings. The molecule has 1 rings (SSSR count). The summed E-state index contributed by atoms with van der Waals surface area (Å²) in [5, 5.41) is 6.28. The van der Waals surface area contributed by atoms with Gasteiger partial charge in [-0.15, -0.1) is 0 Å². The van der Waals surface area contributed by atoms with E-state index in [4.69, 9.17) is 0 Å². The Morgan fingerprint density at radius 3 is 2.06 bits per heavy atom. The van der Waals surface area contributed by atoms with Crippen LogP contribution in [0, 0.1) is 0 Å². The van der Waals surface area contributed by atoms with E-state index in [-0.39, 0.29) is 6.17 Å². The van der Waals surface area contributed by atoms with Crippen LogP contribution in [0.2, 0.25) is 0 Å². The number of hydrogen-bond acceptors (Lipinski definition) is 2. The summed E-state index contributed by atoms with van der Waals surface area (Å²) in [6.45, 7) is 1.03. The van der Waals surface area contributed by atoms with Crippen LogP contribution in [-0.4, -0.2) is 19.1 Å². The first kappa shape index (κ1) is 13.5. The highest BCUT2D eigenvalue weighted by atomic mass is 16.1. The van der Waals surface area contributed by atoms with Crippen LogP contribution in [0.5, 0.6) is 0 Å². The SMILES string of the molecule is O=CNC1CCCCCCCCCCCN1. The van der Waals surface area contributed by atoms with Gasteiger partial charge in [0, 0.05) is 0 Å². The number of rotatable bonds is 2. The minimum absolute atomic E-state index is 0.193. The zero-order valence-electron chi connectivity index (χ0n) is 10.3. The maximum Gasteiger partial charge on any atom is 0.208 e. The third-order valence-electron chi connectivity index (χ3n) is 3.33. The minimum atomic E-state index is 0.193. The highest BCUT2D eigenvalue weighted by Gasteiger charge is 2.06. The largest absolute Gasteiger partial charge is 0.343 e. The number of carbonyl (C=O) groups is 1. The second-order valence-corrected chi connectivity index (χ2v) is 4.76. The lowest BCUT2D eigenvalue weighted by atomic mass is 10.1. The van der Waals surface area contributed by atoms with Crippen LogP contribution in [-0.2, 0) is 4.79 Å². The van der Waals surface area contributed by atoms with Gasteiger partial charge in [-0.2, -0.15) is 0 Å². The molecule has 0 saturated carbocycles. The van der Waals surface area contributed by atoms with Gasteiger partial charge in [0.1, 0.15) is 0 Å². The molecule has 1 atom stereocenters. The Morgan fingerprint density at radius 2 is 1.44 bits per heavy atom. The van der Waals surface area contributed by atoms with Crippen molar-refractivity contribution in [3.05, 3.63) is 0 Å². The monoisotopic (exact) mass is 226 g/mol. The van der Waals surface area contributed by atoms with Crippen molar-refractivity contribution >= 4 is 6.41 Å². The van der Waals surface area contributed by atoms with E-state index in [9.17, 15) is 4.79 Å². The Balaban J connectivity index is 2.23. The molecule has 3 nitrogen and oxygen atoms in total. The summed E-state index contributed by atoms with van der Waals surface area (Å²) in [5.41, 5.74) is 0. The molecule has 0 aromatic rings. The van der Waals surface area contributed by atoms with Crippen LogP contribution in [0.25, 0.3) is 0 Å². The fourth-order valence-corrected chi connectivity index (χ4v) is 2.31. The Kier molecular flexibility index (Phi) is 8.13. The molecule has 2 N–H and O–H groups in total. The standard InChI is InChI=1S/C13H26N2O/c16-12-15-13-10-8-6-4-2-1-3-5-7-9-11-14-13/h12-14H,1-11H2,(H,15,16). The van der Waals surface area contributed by atoms with E-state index in [0.717, 1.165) is 19.4 Å². The van der Waals surface area contributed by atoms with Crippen molar-refractivity contribution in [2.45, 2.75) is 70.4 Å². The molecular weight excluding hydrogens is 200 g/mol. The second kappa shape index (κ2) is 9.64. The van der Waals surface area contributed by atoms with Crippen molar-refractivity contribution in [3.8, 4) is 0 Å². The first-order valence-electron chi connectivity index (χ1n) is 6.86. The smallest absolute Gasteiger partial charge is 0.208 e. The average molecular weight is 226 g/mol. The van der Waals surface area contributed by atoms with Gasteiger partial charge in [-0.3, -0.25) is 10.1 Å². The summed E-state index contributed by atoms with van der Waals surface area (Å²) in [7, 11) is 0. The molecule has 0 aliphatic carbocycles. The van der Waals surface area contributed by atoms with Crippen molar-refractivity contribution in [1.82, 2.24) is 10.6 Å². The fourth-order valence-electron chi connectivity index (χ4n) is 2.31. The second-order valence-electron chi connectivity index (χ2n) is 4.76. The first-order chi connectivity index (χ1) is 7.93. The van der Waals surface area contributed by atoms with Gasteiger partial charge < -0.3 is 5.32 Å². The predicted octanol–water partition coefficient (Wildman–Crippen LogP) is 2.56. The van der Waals surface area contributed by atoms with Crippen molar-refractivity contribution in [1.29, 1.82) is 0 Å². The average Bonchev–Trinajstić information content (AvgIpc) is 2.31. The van der Waals surface area contributed by atoms with E-state index in [1.54, 1.807) is 0 Å². The maximum absolute atomic E-state index is 10.5. The van der Waals surface area contributed by atoms with Gasteiger partial charge in [0.2, 0.25) is 6.41 Å². The summed E-state index contributed by atoms with van der Waals surface area (Å²) in [6, 6.07) is 0. The summed E-state index contributed by atoms with van der Waals surface area (Å²) < 4.78 is 0. The highest BCUT2D eigenvalue weighted by molar-refractivity contribution is 5.46. The van der Waals surface area contributed by atoms with Gasteiger partial charge in [-0.25, -0.2) is 0 Å². The van der Waals surface area contributed by atoms with Crippen LogP contribution in [0.1, 0.15) is 64.2 Å². The van der Waals surface area contributed by atoms with Crippen molar-refractivity contribution < 1.29 is 4.79 Å². The van der Waals surface area contributed by atoms with Crippen molar-refractivity contribution in [2.24, 2.45) is 0 Å². The number of hydrogen-bond donors (Lipinski definition) is 2. The third kappa shape index (κ3) is 6.83. The van der Waals surface area contributed by atoms with Crippen LogP contribution in [0.15, 0.2) is 0 Å². The number of carbonyl (C=O) groups excluding carboxylic acids is 1. The van der Waals surface area contributed by atoms with Gasteiger partial charge in [0.05, 0.1) is 6.17 Å². The normalized spacial score (nSPS) is 25.9. The van der Waals surface area contributed by atoms with Gasteiger partial charge in [-0.05, 0) is 19.4 Å². The lowest BCUT2D eigenvalue weighted by Gasteiger charge is -2.17. The molecular formula is C13H26N2O. The van der Waals surface area contributed by atoms with E-state index in [0.29, 0.717) is 0 Å². The van der Waals surface area contributed by atoms with E-state index in [2.05, 4.69) is 10.6 Å². The number of amides is 1. The van der Waals surface area contributed by atoms with Crippen LogP contribution in [0.4, 0.5) is 0 Å². The summed E-state index contributed by atoms with van der Waals surface area (Å²) in [4.78, 5) is 10.5. The topological polar surface area (TPSA) is 41.1 Å². The molecule has 1 unspecified atom stereocenters. The Bertz CT molecular complexity index is 159. The third-order valence-corrected chi connectivity index (χ3v) is 3.33. The lowest BCUT2D eigenvalue weighted by Crippen LogP contribution is -2.41. The fraction of sp³-hybridized carbons (Fsp3) is 0.923. The minimum Gasteiger partial charge on any atom is -0.343 e. The van der Waals surface area contributed by atoms with Crippen LogP contribution >= 0.6 is 0 Å². The van der Waals surface area contributed by atoms with Gasteiger partial charge >= 0.3 is 0 Å². The van der Waals surface area contributed by atoms with Gasteiger partial charge in [0.25, 0.3) is 0 Å². The zero-order valence-corrected chi connectivity index (χ0v) is 10.3. The molecule has 0 radical (unpaired) electrons. The molecule has 3 heteroatoms. The van der Waals surface area contributed by atoms with E-state index in [1.807, 2.05) is 0 Å². The quantitative estimate of drug-likeness (QED) is 0.711. The maximum atomic E-state index is 10.5. The molecule has 1 aliphatic rings. The number of nitrogens with one attached hydrogen (secondary N) is 2. The molecule has 1 aliphatic heterocycles. The van der Waals surface area contributed by atoms with Gasteiger partial charge in [-0.1, -0.05) is 51.4 Å². The molecule has 1 saturated heterocycles. The van der Waals surface area contributed by atoms with Crippen LogP contribution in [0.3, 0.4) is 0 Å². The summed E-state index contributed by atoms with van der Waals surface area (Å²) in [5.74, 6) is 0. The van der Waals surface area contributed by atoms with Crippen molar-refractivity contribution in [3.63, 3.8) is 0 Å². The van der Waals surface area contributed by atoms with E-state index in [1.165, 1.54) is 57.8 Å². The molecule has 0 aromatic carbocycles. The molecule has 16 heavy (non-hydrogen) atoms. The molecule has 0 aromatic heterocycles. The lowest BCUT2D eigenvalue weighted by molar-refractivity contribution is -0.110. The molecule has 1 amide bonds. The highest BCUT2D eigenvalue weighted by Crippen LogP contribution is 2.12. The molecule has 1 heterocycles. The summed E-state index contributed by atoms with van der Waals surface area (Å²) in [6.07, 6.45) is 14.1. The van der Waals surface area contributed by atoms with Crippen LogP contribution < -0.4 is 10.6 Å². The first-order valence-corrected chi connectivity index (χ1v) is 6.86. The predicted molar refractivity (Wildman–Crippen MR) is 67.2 cm³/mol. The van der Waals surface area contributed by atoms with Gasteiger partial charge in [0.15, 0.2) is 0 Å². The molecule has 94 valence electrons. The Labute approximate surface area is 99.4 Å². The van der Waals surface area contributed by atoms with E-state index >= 15 is 0 Å². The zero-order chi connectivity index (χ0) is 11.5. The Morgan fingerprint density at radius 1 is 0.875 bits per heavy atom. The van der Waals surface area contributed by atoms with Crippen molar-refractivity contribution in [2.75, 3.05) is 6.54 Å². The molecule has 0 spiro atoms. The molecule has 0 bridgehead atoms. The summed E-state index contributed by atoms with van der Waals surface area (Å²) >= 11 is 0. The Hall–Kier alpha value is -0.570.